The number of fused-ring (bicyclic) bond motifs is 1. The van der Waals surface area contributed by atoms with Gasteiger partial charge >= 0.3 is 0 Å². The summed E-state index contributed by atoms with van der Waals surface area (Å²) in [7, 11) is 0. The van der Waals surface area contributed by atoms with Gasteiger partial charge in [0.2, 0.25) is 0 Å². The fourth-order valence-electron chi connectivity index (χ4n) is 4.18. The maximum Gasteiger partial charge on any atom is 0.160 e. The van der Waals surface area contributed by atoms with Crippen LogP contribution in [0.5, 0.6) is 0 Å². The van der Waals surface area contributed by atoms with E-state index in [1.54, 1.807) is 0 Å². The van der Waals surface area contributed by atoms with E-state index in [-0.39, 0.29) is 0 Å². The van der Waals surface area contributed by atoms with Gasteiger partial charge in [0.25, 0.3) is 0 Å². The van der Waals surface area contributed by atoms with E-state index >= 15 is 0 Å². The Morgan fingerprint density at radius 3 is 2.54 bits per heavy atom. The van der Waals surface area contributed by atoms with Gasteiger partial charge in [-0.25, -0.2) is 0 Å². The molecule has 1 atom stereocenters. The molecule has 0 aliphatic carbocycles. The number of benzene rings is 1. The predicted molar refractivity (Wildman–Crippen MR) is 105 cm³/mol. The first-order chi connectivity index (χ1) is 12.6. The van der Waals surface area contributed by atoms with E-state index in [2.05, 4.69) is 22.5 Å². The van der Waals surface area contributed by atoms with Crippen LogP contribution in [-0.4, -0.2) is 39.0 Å². The Balaban J connectivity index is 1.79. The summed E-state index contributed by atoms with van der Waals surface area (Å²) in [6.45, 7) is 3.79. The van der Waals surface area contributed by atoms with Crippen LogP contribution < -0.4 is 5.73 Å². The number of aliphatic hydroxyl groups is 1. The van der Waals surface area contributed by atoms with Crippen molar-refractivity contribution in [3.05, 3.63) is 59.0 Å². The van der Waals surface area contributed by atoms with Crippen LogP contribution in [0.3, 0.4) is 0 Å². The molecule has 1 aromatic carbocycles. The van der Waals surface area contributed by atoms with Gasteiger partial charge in [-0.1, -0.05) is 11.6 Å². The third-order valence-electron chi connectivity index (χ3n) is 5.45. The molecule has 3 heterocycles. The van der Waals surface area contributed by atoms with Crippen LogP contribution in [0.4, 0.5) is 0 Å². The molecule has 1 aliphatic rings. The van der Waals surface area contributed by atoms with Crippen molar-refractivity contribution in [1.82, 2.24) is 14.5 Å². The summed E-state index contributed by atoms with van der Waals surface area (Å²) in [6.07, 6.45) is 4.89. The average molecular weight is 371 g/mol. The van der Waals surface area contributed by atoms with Crippen LogP contribution in [0.25, 0.3) is 16.6 Å². The molecule has 0 bridgehead atoms. The molecule has 0 saturated carbocycles. The maximum absolute atomic E-state index is 9.62. The highest BCUT2D eigenvalue weighted by molar-refractivity contribution is 6.30. The molecule has 1 saturated heterocycles. The Morgan fingerprint density at radius 2 is 1.88 bits per heavy atom. The van der Waals surface area contributed by atoms with Gasteiger partial charge in [0.05, 0.1) is 11.7 Å². The Morgan fingerprint density at radius 1 is 1.19 bits per heavy atom. The maximum atomic E-state index is 9.62. The van der Waals surface area contributed by atoms with Crippen molar-refractivity contribution in [2.75, 3.05) is 13.1 Å². The average Bonchev–Trinajstić information content (AvgIpc) is 2.94. The van der Waals surface area contributed by atoms with Crippen LogP contribution in [0.15, 0.2) is 42.7 Å². The topological polar surface area (TPSA) is 67.3 Å². The van der Waals surface area contributed by atoms with Crippen LogP contribution in [0.2, 0.25) is 5.02 Å². The quantitative estimate of drug-likeness (QED) is 0.693. The van der Waals surface area contributed by atoms with E-state index in [0.29, 0.717) is 5.92 Å². The number of likely N-dealkylation sites (tertiary alicyclic amines) is 1. The molecule has 136 valence electrons. The summed E-state index contributed by atoms with van der Waals surface area (Å²) >= 11 is 6.07. The number of hydrogen-bond acceptors (Lipinski definition) is 4. The Labute approximate surface area is 158 Å². The fourth-order valence-corrected chi connectivity index (χ4v) is 4.30. The highest BCUT2D eigenvalue weighted by atomic mass is 35.5. The molecule has 0 amide bonds. The molecular weight excluding hydrogens is 348 g/mol. The smallest absolute Gasteiger partial charge is 0.160 e. The first-order valence-electron chi connectivity index (χ1n) is 8.95. The normalized spacial score (nSPS) is 17.7. The van der Waals surface area contributed by atoms with E-state index < -0.39 is 6.35 Å². The molecular formula is C20H23ClN4O. The summed E-state index contributed by atoms with van der Waals surface area (Å²) in [5.41, 5.74) is 10.4. The minimum Gasteiger partial charge on any atom is -0.365 e. The Kier molecular flexibility index (Phi) is 4.71. The summed E-state index contributed by atoms with van der Waals surface area (Å²) in [4.78, 5) is 6.27. The fraction of sp³-hybridized carbons (Fsp3) is 0.350. The monoisotopic (exact) mass is 370 g/mol. The molecule has 5 nitrogen and oxygen atoms in total. The number of piperidine rings is 1. The van der Waals surface area contributed by atoms with Crippen molar-refractivity contribution in [2.45, 2.75) is 32.0 Å². The van der Waals surface area contributed by atoms with Crippen molar-refractivity contribution in [1.29, 1.82) is 0 Å². The minimum atomic E-state index is -0.864. The van der Waals surface area contributed by atoms with Gasteiger partial charge in [-0.2, -0.15) is 0 Å². The third kappa shape index (κ3) is 3.01. The lowest BCUT2D eigenvalue weighted by molar-refractivity contribution is -0.00596. The van der Waals surface area contributed by atoms with Crippen LogP contribution in [-0.2, 0) is 0 Å². The van der Waals surface area contributed by atoms with E-state index in [4.69, 9.17) is 17.3 Å². The number of nitrogens with two attached hydrogens (primary N) is 1. The second-order valence-electron chi connectivity index (χ2n) is 6.93. The molecule has 4 rings (SSSR count). The summed E-state index contributed by atoms with van der Waals surface area (Å²) in [5.74, 6) is 0.448. The molecule has 6 heteroatoms. The van der Waals surface area contributed by atoms with E-state index in [9.17, 15) is 5.11 Å². The lowest BCUT2D eigenvalue weighted by atomic mass is 9.88. The number of halogens is 1. The lowest BCUT2D eigenvalue weighted by Crippen LogP contribution is -2.45. The first kappa shape index (κ1) is 17.5. The molecule has 1 unspecified atom stereocenters. The van der Waals surface area contributed by atoms with Gasteiger partial charge in [-0.3, -0.25) is 15.6 Å². The van der Waals surface area contributed by atoms with Crippen LogP contribution in [0.1, 0.15) is 30.0 Å². The highest BCUT2D eigenvalue weighted by Gasteiger charge is 2.27. The van der Waals surface area contributed by atoms with Crippen molar-refractivity contribution in [3.63, 3.8) is 0 Å². The molecule has 0 radical (unpaired) electrons. The molecule has 2 aromatic heterocycles. The number of aromatic nitrogens is 2. The largest absolute Gasteiger partial charge is 0.365 e. The van der Waals surface area contributed by atoms with Gasteiger partial charge < -0.3 is 9.67 Å². The van der Waals surface area contributed by atoms with Gasteiger partial charge in [0.15, 0.2) is 6.35 Å². The zero-order valence-corrected chi connectivity index (χ0v) is 15.5. The lowest BCUT2D eigenvalue weighted by Gasteiger charge is -2.33. The molecule has 1 aliphatic heterocycles. The van der Waals surface area contributed by atoms with Gasteiger partial charge in [0, 0.05) is 41.1 Å². The summed E-state index contributed by atoms with van der Waals surface area (Å²) in [5, 5.41) is 11.6. The second kappa shape index (κ2) is 7.00. The second-order valence-corrected chi connectivity index (χ2v) is 7.36. The Bertz CT molecular complexity index is 911. The number of rotatable bonds is 3. The number of nitrogens with zero attached hydrogens (tertiary/aromatic N) is 3. The SMILES string of the molecule is Cc1c(C2CCN(C(N)O)CC2)c2ccncc2n1-c1ccc(Cl)cc1. The Hall–Kier alpha value is -1.92. The predicted octanol–water partition coefficient (Wildman–Crippen LogP) is 3.40. The van der Waals surface area contributed by atoms with Crippen LogP contribution in [0, 0.1) is 6.92 Å². The van der Waals surface area contributed by atoms with Gasteiger partial charge in [-0.15, -0.1) is 0 Å². The third-order valence-corrected chi connectivity index (χ3v) is 5.71. The van der Waals surface area contributed by atoms with Gasteiger partial charge in [0.1, 0.15) is 0 Å². The first-order valence-corrected chi connectivity index (χ1v) is 9.32. The zero-order valence-electron chi connectivity index (χ0n) is 14.8. The highest BCUT2D eigenvalue weighted by Crippen LogP contribution is 2.38. The summed E-state index contributed by atoms with van der Waals surface area (Å²) < 4.78 is 2.26. The van der Waals surface area contributed by atoms with Crippen molar-refractivity contribution in [2.24, 2.45) is 5.73 Å². The molecule has 3 aromatic rings. The van der Waals surface area contributed by atoms with E-state index in [1.807, 2.05) is 41.6 Å². The van der Waals surface area contributed by atoms with E-state index in [1.165, 1.54) is 16.6 Å². The molecule has 26 heavy (non-hydrogen) atoms. The molecule has 3 N–H and O–H groups in total. The number of pyridine rings is 1. The molecule has 0 spiro atoms. The van der Waals surface area contributed by atoms with Crippen LogP contribution >= 0.6 is 11.6 Å². The van der Waals surface area contributed by atoms with Crippen molar-refractivity contribution < 1.29 is 5.11 Å². The number of aliphatic hydroxyl groups excluding tert-OH is 1. The van der Waals surface area contributed by atoms with E-state index in [0.717, 1.165) is 42.2 Å². The zero-order chi connectivity index (χ0) is 18.3. The standard InChI is InChI=1S/C20H23ClN4O/c1-13-19(14-7-10-24(11-8-14)20(22)26)17-6-9-23-12-18(17)25(13)16-4-2-15(21)3-5-16/h2-6,9,12,14,20,26H,7-8,10-11,22H2,1H3. The summed E-state index contributed by atoms with van der Waals surface area (Å²) in [6, 6.07) is 10.0. The minimum absolute atomic E-state index is 0.448. The van der Waals surface area contributed by atoms with Crippen molar-refractivity contribution in [3.8, 4) is 5.69 Å². The molecule has 1 fully saturated rings. The number of hydrogen-bond donors (Lipinski definition) is 2. The van der Waals surface area contributed by atoms with Crippen molar-refractivity contribution >= 4 is 22.5 Å². The van der Waals surface area contributed by atoms with Gasteiger partial charge in [-0.05, 0) is 61.6 Å².